The number of hydrogen-bond acceptors (Lipinski definition) is 11. The third-order valence-electron chi connectivity index (χ3n) is 8.86. The smallest absolute Gasteiger partial charge is 0.338 e. The van der Waals surface area contributed by atoms with Crippen molar-refractivity contribution < 1.29 is 33.2 Å². The van der Waals surface area contributed by atoms with Gasteiger partial charge in [-0.05, 0) is 50.4 Å². The Morgan fingerprint density at radius 3 is 2.12 bits per heavy atom. The summed E-state index contributed by atoms with van der Waals surface area (Å²) in [4.78, 5) is 25.0. The van der Waals surface area contributed by atoms with Crippen LogP contribution in [0.15, 0.2) is 30.6 Å². The first-order valence-corrected chi connectivity index (χ1v) is 26.1. The van der Waals surface area contributed by atoms with E-state index in [1.165, 1.54) is 0 Å². The van der Waals surface area contributed by atoms with Crippen molar-refractivity contribution in [2.45, 2.75) is 96.0 Å². The van der Waals surface area contributed by atoms with Crippen LogP contribution in [-0.2, 0) is 33.2 Å². The van der Waals surface area contributed by atoms with Crippen LogP contribution in [-0.4, -0.2) is 115 Å². The van der Waals surface area contributed by atoms with Crippen LogP contribution < -0.4 is 4.90 Å². The molecule has 52 heavy (non-hydrogen) atoms. The number of methoxy groups -OCH3 is 2. The quantitative estimate of drug-likeness (QED) is 0.0276. The predicted molar refractivity (Wildman–Crippen MR) is 213 cm³/mol. The van der Waals surface area contributed by atoms with Crippen LogP contribution in [0.3, 0.4) is 0 Å². The van der Waals surface area contributed by atoms with Gasteiger partial charge in [-0.3, -0.25) is 0 Å². The zero-order valence-corrected chi connectivity index (χ0v) is 35.9. The summed E-state index contributed by atoms with van der Waals surface area (Å²) in [6.07, 6.45) is 5.36. The van der Waals surface area contributed by atoms with Crippen molar-refractivity contribution >= 4 is 45.2 Å². The summed E-state index contributed by atoms with van der Waals surface area (Å²) in [6, 6.07) is 7.89. The standard InChI is InChI=1S/C37H62ClN5O7Si2/c1-11-29(14-15-37(2,50-19-17-46-4)36(44)49-18-16-45-3)32-24-34(43-35(41-32)31(26-40-43)30-12-13-33(38)39-25-30)42(27-47-20-22-51(5,6)7)28-48-21-23-52(8,9)10/h12-13,24-26,29H,11,14-23,27-28H2,1-10H3/t29-,37-/m0/s1. The third kappa shape index (κ3) is 14.1. The Bertz CT molecular complexity index is 1500. The zero-order chi connectivity index (χ0) is 38.4. The average molecular weight is 781 g/mol. The number of carbonyl (C=O) groups excluding carboxylic acids is 1. The van der Waals surface area contributed by atoms with E-state index in [0.717, 1.165) is 41.1 Å². The summed E-state index contributed by atoms with van der Waals surface area (Å²) in [5, 5.41) is 5.25. The number of halogens is 1. The first-order chi connectivity index (χ1) is 24.6. The fourth-order valence-electron chi connectivity index (χ4n) is 5.38. The predicted octanol–water partition coefficient (Wildman–Crippen LogP) is 7.76. The topological polar surface area (TPSA) is 119 Å². The molecule has 0 aliphatic rings. The minimum atomic E-state index is -1.29. The number of fused-ring (bicyclic) bond motifs is 1. The van der Waals surface area contributed by atoms with Crippen LogP contribution in [0.5, 0.6) is 0 Å². The van der Waals surface area contributed by atoms with Crippen molar-refractivity contribution in [1.82, 2.24) is 19.6 Å². The molecule has 0 spiro atoms. The summed E-state index contributed by atoms with van der Waals surface area (Å²) in [6.45, 7) is 21.1. The van der Waals surface area contributed by atoms with E-state index in [2.05, 4.69) is 62.2 Å². The fraction of sp³-hybridized carbons (Fsp3) is 0.676. The maximum atomic E-state index is 13.3. The van der Waals surface area contributed by atoms with Crippen LogP contribution in [0.1, 0.15) is 44.7 Å². The Labute approximate surface area is 317 Å². The molecule has 3 heterocycles. The Morgan fingerprint density at radius 1 is 0.923 bits per heavy atom. The minimum Gasteiger partial charge on any atom is -0.461 e. The number of ether oxygens (including phenoxy) is 6. The molecule has 0 amide bonds. The zero-order valence-electron chi connectivity index (χ0n) is 33.1. The van der Waals surface area contributed by atoms with Crippen molar-refractivity contribution in [2.75, 3.05) is 72.2 Å². The van der Waals surface area contributed by atoms with E-state index >= 15 is 0 Å². The van der Waals surface area contributed by atoms with Gasteiger partial charge in [0.05, 0.1) is 26.0 Å². The van der Waals surface area contributed by atoms with Gasteiger partial charge >= 0.3 is 5.97 Å². The molecule has 2 atom stereocenters. The van der Waals surface area contributed by atoms with Gasteiger partial charge in [0.25, 0.3) is 0 Å². The second-order valence-corrected chi connectivity index (χ2v) is 27.4. The lowest BCUT2D eigenvalue weighted by Crippen LogP contribution is -2.41. The van der Waals surface area contributed by atoms with Gasteiger partial charge in [-0.25, -0.2) is 14.8 Å². The molecule has 0 saturated heterocycles. The van der Waals surface area contributed by atoms with E-state index in [-0.39, 0.29) is 19.1 Å². The van der Waals surface area contributed by atoms with Crippen molar-refractivity contribution in [3.63, 3.8) is 0 Å². The molecule has 3 aromatic rings. The van der Waals surface area contributed by atoms with Crippen LogP contribution in [0.25, 0.3) is 16.8 Å². The highest BCUT2D eigenvalue weighted by molar-refractivity contribution is 6.76. The van der Waals surface area contributed by atoms with Crippen molar-refractivity contribution in [3.05, 3.63) is 41.4 Å². The molecular weight excluding hydrogens is 718 g/mol. The summed E-state index contributed by atoms with van der Waals surface area (Å²) in [5.41, 5.74) is 2.06. The van der Waals surface area contributed by atoms with Crippen LogP contribution >= 0.6 is 11.6 Å². The molecule has 15 heteroatoms. The van der Waals surface area contributed by atoms with Crippen LogP contribution in [0.2, 0.25) is 56.5 Å². The molecule has 0 bridgehead atoms. The van der Waals surface area contributed by atoms with Gasteiger partial charge in [0.2, 0.25) is 0 Å². The highest BCUT2D eigenvalue weighted by Crippen LogP contribution is 2.34. The van der Waals surface area contributed by atoms with Gasteiger partial charge in [-0.15, -0.1) is 0 Å². The van der Waals surface area contributed by atoms with Gasteiger partial charge in [0.15, 0.2) is 11.2 Å². The molecular formula is C37H62ClN5O7Si2. The van der Waals surface area contributed by atoms with Gasteiger partial charge in [0, 0.05) is 78.6 Å². The number of pyridine rings is 1. The SMILES string of the molecule is CC[C@@H](CC[C@](C)(OCCOC)C(=O)OCCOC)c1cc(N(COCC[Si](C)(C)C)COCC[Si](C)(C)C)n2ncc(-c3ccc(Cl)nc3)c2n1. The molecule has 3 rings (SSSR count). The molecule has 3 aromatic heterocycles. The number of nitrogens with zero attached hydrogens (tertiary/aromatic N) is 5. The van der Waals surface area contributed by atoms with Gasteiger partial charge in [0.1, 0.15) is 31.0 Å². The largest absolute Gasteiger partial charge is 0.461 e. The van der Waals surface area contributed by atoms with E-state index in [4.69, 9.17) is 50.1 Å². The number of anilines is 1. The Hall–Kier alpha value is -2.44. The molecule has 0 N–H and O–H groups in total. The molecule has 0 aromatic carbocycles. The van der Waals surface area contributed by atoms with Gasteiger partial charge in [-0.2, -0.15) is 9.61 Å². The van der Waals surface area contributed by atoms with Gasteiger partial charge in [-0.1, -0.05) is 57.8 Å². The monoisotopic (exact) mass is 779 g/mol. The van der Waals surface area contributed by atoms with Crippen molar-refractivity contribution in [1.29, 1.82) is 0 Å². The van der Waals surface area contributed by atoms with Crippen LogP contribution in [0.4, 0.5) is 5.82 Å². The molecule has 292 valence electrons. The first-order valence-electron chi connectivity index (χ1n) is 18.3. The second-order valence-electron chi connectivity index (χ2n) is 15.8. The molecule has 0 radical (unpaired) electrons. The number of rotatable bonds is 25. The van der Waals surface area contributed by atoms with Gasteiger partial charge < -0.3 is 33.3 Å². The molecule has 0 saturated carbocycles. The lowest BCUT2D eigenvalue weighted by molar-refractivity contribution is -0.174. The third-order valence-corrected chi connectivity index (χ3v) is 12.5. The van der Waals surface area contributed by atoms with E-state index in [1.54, 1.807) is 33.4 Å². The molecule has 0 aliphatic carbocycles. The Balaban J connectivity index is 2.06. The highest BCUT2D eigenvalue weighted by atomic mass is 35.5. The summed E-state index contributed by atoms with van der Waals surface area (Å²) in [5.74, 6) is 0.366. The summed E-state index contributed by atoms with van der Waals surface area (Å²) in [7, 11) is 0.587. The number of aromatic nitrogens is 4. The number of carbonyl (C=O) groups is 1. The molecule has 12 nitrogen and oxygen atoms in total. The van der Waals surface area contributed by atoms with E-state index in [0.29, 0.717) is 63.5 Å². The maximum absolute atomic E-state index is 13.3. The average Bonchev–Trinajstić information content (AvgIpc) is 3.51. The number of hydrogen-bond donors (Lipinski definition) is 0. The minimum absolute atomic E-state index is 0.0190. The first kappa shape index (κ1) is 44.0. The molecule has 0 unspecified atom stereocenters. The highest BCUT2D eigenvalue weighted by Gasteiger charge is 2.37. The number of esters is 1. The van der Waals surface area contributed by atoms with E-state index < -0.39 is 27.7 Å². The normalized spacial score (nSPS) is 14.1. The fourth-order valence-corrected chi connectivity index (χ4v) is 7.00. The van der Waals surface area contributed by atoms with E-state index in [9.17, 15) is 4.79 Å². The Morgan fingerprint density at radius 2 is 1.56 bits per heavy atom. The second kappa shape index (κ2) is 20.9. The van der Waals surface area contributed by atoms with Crippen molar-refractivity contribution in [2.24, 2.45) is 0 Å². The molecule has 0 aliphatic heterocycles. The summed E-state index contributed by atoms with van der Waals surface area (Å²) < 4.78 is 36.5. The Kier molecular flexibility index (Phi) is 17.6. The lowest BCUT2D eigenvalue weighted by atomic mass is 9.89. The maximum Gasteiger partial charge on any atom is 0.338 e. The summed E-state index contributed by atoms with van der Waals surface area (Å²) >= 11 is 6.16. The lowest BCUT2D eigenvalue weighted by Gasteiger charge is -2.30. The van der Waals surface area contributed by atoms with E-state index in [1.807, 2.05) is 16.8 Å². The van der Waals surface area contributed by atoms with Crippen molar-refractivity contribution in [3.8, 4) is 11.1 Å². The molecule has 0 fully saturated rings. The van der Waals surface area contributed by atoms with Crippen LogP contribution in [0, 0.1) is 0 Å².